The van der Waals surface area contributed by atoms with Gasteiger partial charge in [-0.25, -0.2) is 0 Å². The zero-order chi connectivity index (χ0) is 15.3. The Labute approximate surface area is 117 Å². The molecule has 7 nitrogen and oxygen atoms in total. The molecule has 1 amide bonds. The first kappa shape index (κ1) is 16.2. The molecule has 20 heavy (non-hydrogen) atoms. The van der Waals surface area contributed by atoms with Crippen molar-refractivity contribution >= 4 is 11.6 Å². The molecule has 0 fully saturated rings. The number of aromatic nitrogens is 1. The van der Waals surface area contributed by atoms with E-state index >= 15 is 0 Å². The Balaban J connectivity index is 2.88. The third kappa shape index (κ3) is 4.06. The second kappa shape index (κ2) is 7.04. The zero-order valence-corrected chi connectivity index (χ0v) is 12.0. The lowest BCUT2D eigenvalue weighted by molar-refractivity contribution is -0.384. The van der Waals surface area contributed by atoms with Gasteiger partial charge in [-0.2, -0.15) is 0 Å². The molecule has 1 aromatic rings. The predicted molar refractivity (Wildman–Crippen MR) is 74.6 cm³/mol. The van der Waals surface area contributed by atoms with Gasteiger partial charge in [-0.15, -0.1) is 0 Å². The Morgan fingerprint density at radius 1 is 1.55 bits per heavy atom. The molecule has 0 bridgehead atoms. The minimum atomic E-state index is -0.527. The van der Waals surface area contributed by atoms with Crippen molar-refractivity contribution in [3.8, 4) is 0 Å². The van der Waals surface area contributed by atoms with Crippen molar-refractivity contribution in [2.45, 2.75) is 39.8 Å². The molecule has 1 aromatic heterocycles. The van der Waals surface area contributed by atoms with E-state index in [1.165, 1.54) is 16.8 Å². The molecule has 0 aliphatic heterocycles. The highest BCUT2D eigenvalue weighted by atomic mass is 16.6. The van der Waals surface area contributed by atoms with Crippen molar-refractivity contribution in [3.05, 3.63) is 28.1 Å². The third-order valence-electron chi connectivity index (χ3n) is 2.98. The van der Waals surface area contributed by atoms with Crippen molar-refractivity contribution in [1.82, 2.24) is 9.88 Å². The van der Waals surface area contributed by atoms with Crippen LogP contribution >= 0.6 is 0 Å². The van der Waals surface area contributed by atoms with Crippen LogP contribution in [-0.2, 0) is 6.54 Å². The van der Waals surface area contributed by atoms with Gasteiger partial charge in [0, 0.05) is 12.6 Å². The Morgan fingerprint density at radius 3 is 2.65 bits per heavy atom. The summed E-state index contributed by atoms with van der Waals surface area (Å²) in [6.07, 6.45) is 1.99. The van der Waals surface area contributed by atoms with E-state index in [4.69, 9.17) is 0 Å². The highest BCUT2D eigenvalue weighted by molar-refractivity contribution is 5.93. The number of nitrogens with one attached hydrogen (secondary N) is 1. The molecule has 1 atom stereocenters. The van der Waals surface area contributed by atoms with Gasteiger partial charge in [-0.3, -0.25) is 14.9 Å². The number of hydrogen-bond acceptors (Lipinski definition) is 4. The molecule has 1 rings (SSSR count). The number of aliphatic hydroxyl groups is 1. The van der Waals surface area contributed by atoms with Gasteiger partial charge in [0.05, 0.1) is 23.8 Å². The van der Waals surface area contributed by atoms with Crippen LogP contribution in [0.1, 0.15) is 37.7 Å². The van der Waals surface area contributed by atoms with E-state index in [1.807, 2.05) is 13.8 Å². The summed E-state index contributed by atoms with van der Waals surface area (Å²) >= 11 is 0. The molecule has 0 aliphatic rings. The van der Waals surface area contributed by atoms with Crippen LogP contribution in [0.15, 0.2) is 12.3 Å². The fraction of sp³-hybridized carbons (Fsp3) is 0.615. The average Bonchev–Trinajstić information content (AvgIpc) is 2.81. The van der Waals surface area contributed by atoms with Gasteiger partial charge in [0.1, 0.15) is 5.69 Å². The molecule has 0 saturated carbocycles. The van der Waals surface area contributed by atoms with E-state index in [2.05, 4.69) is 5.32 Å². The van der Waals surface area contributed by atoms with E-state index < -0.39 is 10.8 Å². The lowest BCUT2D eigenvalue weighted by Crippen LogP contribution is -2.39. The summed E-state index contributed by atoms with van der Waals surface area (Å²) < 4.78 is 1.53. The number of nitrogens with zero attached hydrogens (tertiary/aromatic N) is 2. The molecule has 1 unspecified atom stereocenters. The van der Waals surface area contributed by atoms with Crippen LogP contribution in [-0.4, -0.2) is 33.2 Å². The first-order valence-electron chi connectivity index (χ1n) is 6.65. The Morgan fingerprint density at radius 2 is 2.20 bits per heavy atom. The fourth-order valence-electron chi connectivity index (χ4n) is 2.05. The SMILES string of the molecule is CCn1cc([N+](=O)[O-])cc1C(=O)NC(CO)CC(C)C. The van der Waals surface area contributed by atoms with Crippen molar-refractivity contribution in [2.75, 3.05) is 6.61 Å². The smallest absolute Gasteiger partial charge is 0.287 e. The number of rotatable bonds is 7. The van der Waals surface area contributed by atoms with E-state index in [1.54, 1.807) is 6.92 Å². The standard InChI is InChI=1S/C13H21N3O4/c1-4-15-7-11(16(19)20)6-12(15)13(18)14-10(8-17)5-9(2)3/h6-7,9-10,17H,4-5,8H2,1-3H3,(H,14,18). The topological polar surface area (TPSA) is 97.4 Å². The third-order valence-corrected chi connectivity index (χ3v) is 2.98. The summed E-state index contributed by atoms with van der Waals surface area (Å²) in [5.74, 6) is -0.0700. The largest absolute Gasteiger partial charge is 0.394 e. The maximum Gasteiger partial charge on any atom is 0.287 e. The number of hydrogen-bond donors (Lipinski definition) is 2. The van der Waals surface area contributed by atoms with Gasteiger partial charge in [-0.05, 0) is 19.3 Å². The predicted octanol–water partition coefficient (Wildman–Crippen LogP) is 1.55. The lowest BCUT2D eigenvalue weighted by Gasteiger charge is -2.18. The summed E-state index contributed by atoms with van der Waals surface area (Å²) in [6, 6.07) is 0.907. The average molecular weight is 283 g/mol. The van der Waals surface area contributed by atoms with Crippen LogP contribution in [0.25, 0.3) is 0 Å². The van der Waals surface area contributed by atoms with E-state index in [0.717, 1.165) is 0 Å². The molecule has 112 valence electrons. The van der Waals surface area contributed by atoms with Crippen LogP contribution in [0.4, 0.5) is 5.69 Å². The van der Waals surface area contributed by atoms with Crippen LogP contribution in [0.5, 0.6) is 0 Å². The van der Waals surface area contributed by atoms with Gasteiger partial charge in [0.25, 0.3) is 11.6 Å². The van der Waals surface area contributed by atoms with Gasteiger partial charge in [-0.1, -0.05) is 13.8 Å². The Bertz CT molecular complexity index is 482. The number of carbonyl (C=O) groups is 1. The van der Waals surface area contributed by atoms with Gasteiger partial charge >= 0.3 is 0 Å². The van der Waals surface area contributed by atoms with Crippen LogP contribution in [0.2, 0.25) is 0 Å². The second-order valence-corrected chi connectivity index (χ2v) is 5.11. The second-order valence-electron chi connectivity index (χ2n) is 5.11. The summed E-state index contributed by atoms with van der Waals surface area (Å²) in [5, 5.41) is 22.7. The number of carbonyl (C=O) groups excluding carboxylic acids is 1. The first-order chi connectivity index (χ1) is 9.38. The van der Waals surface area contributed by atoms with Crippen LogP contribution in [0, 0.1) is 16.0 Å². The zero-order valence-electron chi connectivity index (χ0n) is 12.0. The molecule has 0 spiro atoms. The van der Waals surface area contributed by atoms with Gasteiger partial charge < -0.3 is 15.0 Å². The first-order valence-corrected chi connectivity index (χ1v) is 6.65. The molecule has 7 heteroatoms. The maximum absolute atomic E-state index is 12.1. The summed E-state index contributed by atoms with van der Waals surface area (Å²) in [7, 11) is 0. The molecular formula is C13H21N3O4. The maximum atomic E-state index is 12.1. The van der Waals surface area contributed by atoms with Crippen molar-refractivity contribution < 1.29 is 14.8 Å². The fourth-order valence-corrected chi connectivity index (χ4v) is 2.05. The van der Waals surface area contributed by atoms with E-state index in [9.17, 15) is 20.0 Å². The number of amides is 1. The van der Waals surface area contributed by atoms with E-state index in [0.29, 0.717) is 18.9 Å². The highest BCUT2D eigenvalue weighted by Crippen LogP contribution is 2.17. The van der Waals surface area contributed by atoms with Gasteiger partial charge in [0.15, 0.2) is 0 Å². The molecule has 1 heterocycles. The Hall–Kier alpha value is -1.89. The monoisotopic (exact) mass is 283 g/mol. The quantitative estimate of drug-likeness (QED) is 0.586. The minimum Gasteiger partial charge on any atom is -0.394 e. The molecule has 0 aromatic carbocycles. The molecule has 0 radical (unpaired) electrons. The summed E-state index contributed by atoms with van der Waals surface area (Å²) in [5.41, 5.74) is 0.128. The van der Waals surface area contributed by atoms with Gasteiger partial charge in [0.2, 0.25) is 0 Å². The molecule has 2 N–H and O–H groups in total. The van der Waals surface area contributed by atoms with E-state index in [-0.39, 0.29) is 24.0 Å². The normalized spacial score (nSPS) is 12.4. The van der Waals surface area contributed by atoms with Crippen LogP contribution < -0.4 is 5.32 Å². The Kier molecular flexibility index (Phi) is 5.69. The molecule has 0 aliphatic carbocycles. The lowest BCUT2D eigenvalue weighted by atomic mass is 10.0. The van der Waals surface area contributed by atoms with Crippen molar-refractivity contribution in [1.29, 1.82) is 0 Å². The number of nitro groups is 1. The molecule has 0 saturated heterocycles. The highest BCUT2D eigenvalue weighted by Gasteiger charge is 2.21. The summed E-state index contributed by atoms with van der Waals surface area (Å²) in [4.78, 5) is 22.4. The van der Waals surface area contributed by atoms with Crippen molar-refractivity contribution in [2.24, 2.45) is 5.92 Å². The molecular weight excluding hydrogens is 262 g/mol. The summed E-state index contributed by atoms with van der Waals surface area (Å²) in [6.45, 7) is 6.10. The number of aryl methyl sites for hydroxylation is 1. The van der Waals surface area contributed by atoms with Crippen molar-refractivity contribution in [3.63, 3.8) is 0 Å². The minimum absolute atomic E-state index is 0.110. The van der Waals surface area contributed by atoms with Crippen LogP contribution in [0.3, 0.4) is 0 Å². The number of aliphatic hydroxyl groups excluding tert-OH is 1.